The van der Waals surface area contributed by atoms with Gasteiger partial charge in [0, 0.05) is 9.86 Å². The van der Waals surface area contributed by atoms with E-state index in [0.29, 0.717) is 44.3 Å². The van der Waals surface area contributed by atoms with Crippen molar-refractivity contribution < 1.29 is 13.9 Å². The summed E-state index contributed by atoms with van der Waals surface area (Å²) in [6.07, 6.45) is 1.51. The minimum Gasteiger partial charge on any atom is -0.493 e. The first-order valence-electron chi connectivity index (χ1n) is 10.2. The highest BCUT2D eigenvalue weighted by molar-refractivity contribution is 9.10. The molecule has 170 valence electrons. The van der Waals surface area contributed by atoms with Gasteiger partial charge in [0.2, 0.25) is 5.82 Å². The van der Waals surface area contributed by atoms with Crippen molar-refractivity contribution in [2.24, 2.45) is 5.10 Å². The van der Waals surface area contributed by atoms with Gasteiger partial charge >= 0.3 is 0 Å². The standard InChI is InChI=1S/C25H17BrClN3O4/c1-32-21-10-14(9-18(27)23(21)33-2)13-28-30-24(29-19-6-4-3-5-17(19)25(30)31)22-12-15-11-16(26)7-8-20(15)34-22/h3-13H,1-2H3. The van der Waals surface area contributed by atoms with Crippen molar-refractivity contribution in [1.82, 2.24) is 9.66 Å². The third-order valence-corrected chi connectivity index (χ3v) is 6.00. The van der Waals surface area contributed by atoms with Crippen molar-refractivity contribution in [3.8, 4) is 23.1 Å². The van der Waals surface area contributed by atoms with Gasteiger partial charge in [-0.15, -0.1) is 0 Å². The molecule has 0 atom stereocenters. The molecular formula is C25H17BrClN3O4. The maximum absolute atomic E-state index is 13.4. The molecule has 7 nitrogen and oxygen atoms in total. The van der Waals surface area contributed by atoms with Crippen molar-refractivity contribution in [3.05, 3.63) is 86.1 Å². The van der Waals surface area contributed by atoms with Gasteiger partial charge in [-0.05, 0) is 54.1 Å². The number of aromatic nitrogens is 2. The van der Waals surface area contributed by atoms with Crippen molar-refractivity contribution >= 4 is 55.6 Å². The van der Waals surface area contributed by atoms with Gasteiger partial charge in [-0.3, -0.25) is 4.79 Å². The third kappa shape index (κ3) is 3.95. The molecule has 0 aliphatic heterocycles. The number of ether oxygens (including phenoxy) is 2. The summed E-state index contributed by atoms with van der Waals surface area (Å²) < 4.78 is 18.8. The summed E-state index contributed by atoms with van der Waals surface area (Å²) in [7, 11) is 3.03. The van der Waals surface area contributed by atoms with Crippen molar-refractivity contribution in [2.45, 2.75) is 0 Å². The molecule has 0 aliphatic rings. The number of benzene rings is 3. The number of rotatable bonds is 5. The van der Waals surface area contributed by atoms with E-state index in [1.165, 1.54) is 25.1 Å². The molecule has 0 amide bonds. The van der Waals surface area contributed by atoms with Crippen LogP contribution in [-0.4, -0.2) is 30.1 Å². The Labute approximate surface area is 207 Å². The van der Waals surface area contributed by atoms with Crippen LogP contribution < -0.4 is 15.0 Å². The number of halogens is 2. The van der Waals surface area contributed by atoms with Crippen LogP contribution in [0.1, 0.15) is 5.56 Å². The van der Waals surface area contributed by atoms with Gasteiger partial charge in [0.25, 0.3) is 5.56 Å². The molecule has 9 heteroatoms. The number of nitrogens with zero attached hydrogens (tertiary/aromatic N) is 3. The highest BCUT2D eigenvalue weighted by atomic mass is 79.9. The van der Waals surface area contributed by atoms with Gasteiger partial charge < -0.3 is 13.9 Å². The molecule has 0 bridgehead atoms. The van der Waals surface area contributed by atoms with E-state index in [4.69, 9.17) is 25.5 Å². The predicted octanol–water partition coefficient (Wildman–Crippen LogP) is 6.13. The molecule has 34 heavy (non-hydrogen) atoms. The van der Waals surface area contributed by atoms with Crippen LogP contribution in [0.2, 0.25) is 5.02 Å². The lowest BCUT2D eigenvalue weighted by molar-refractivity contribution is 0.355. The average molecular weight is 539 g/mol. The molecular weight excluding hydrogens is 522 g/mol. The summed E-state index contributed by atoms with van der Waals surface area (Å²) in [4.78, 5) is 18.1. The molecule has 3 aromatic carbocycles. The van der Waals surface area contributed by atoms with Crippen LogP contribution in [0.3, 0.4) is 0 Å². The number of hydrogen-bond acceptors (Lipinski definition) is 6. The summed E-state index contributed by atoms with van der Waals surface area (Å²) in [5, 5.41) is 6.12. The highest BCUT2D eigenvalue weighted by Crippen LogP contribution is 2.35. The molecule has 0 unspecified atom stereocenters. The van der Waals surface area contributed by atoms with Gasteiger partial charge in [0.1, 0.15) is 5.58 Å². The predicted molar refractivity (Wildman–Crippen MR) is 136 cm³/mol. The zero-order valence-electron chi connectivity index (χ0n) is 18.1. The van der Waals surface area contributed by atoms with Crippen LogP contribution in [-0.2, 0) is 0 Å². The molecule has 0 N–H and O–H groups in total. The monoisotopic (exact) mass is 537 g/mol. The number of methoxy groups -OCH3 is 2. The lowest BCUT2D eigenvalue weighted by atomic mass is 10.2. The van der Waals surface area contributed by atoms with Crippen LogP contribution in [0.15, 0.2) is 79.4 Å². The quantitative estimate of drug-likeness (QED) is 0.252. The fourth-order valence-corrected chi connectivity index (χ4v) is 4.33. The third-order valence-electron chi connectivity index (χ3n) is 5.23. The van der Waals surface area contributed by atoms with E-state index in [9.17, 15) is 4.79 Å². The van der Waals surface area contributed by atoms with Crippen LogP contribution in [0, 0.1) is 0 Å². The van der Waals surface area contributed by atoms with Crippen LogP contribution >= 0.6 is 27.5 Å². The van der Waals surface area contributed by atoms with Crippen molar-refractivity contribution in [2.75, 3.05) is 14.2 Å². The fraction of sp³-hybridized carbons (Fsp3) is 0.0800. The second kappa shape index (κ2) is 8.96. The Morgan fingerprint density at radius 3 is 2.71 bits per heavy atom. The Morgan fingerprint density at radius 2 is 1.91 bits per heavy atom. The second-order valence-corrected chi connectivity index (χ2v) is 8.67. The Balaban J connectivity index is 1.70. The van der Waals surface area contributed by atoms with Gasteiger partial charge in [-0.2, -0.15) is 9.78 Å². The van der Waals surface area contributed by atoms with Crippen LogP contribution in [0.4, 0.5) is 0 Å². The van der Waals surface area contributed by atoms with Gasteiger partial charge in [-0.1, -0.05) is 39.7 Å². The van der Waals surface area contributed by atoms with Crippen LogP contribution in [0.25, 0.3) is 33.5 Å². The average Bonchev–Trinajstić information content (AvgIpc) is 3.26. The minimum atomic E-state index is -0.329. The van der Waals surface area contributed by atoms with E-state index >= 15 is 0 Å². The van der Waals surface area contributed by atoms with Crippen molar-refractivity contribution in [3.63, 3.8) is 0 Å². The molecule has 5 rings (SSSR count). The summed E-state index contributed by atoms with van der Waals surface area (Å²) in [5.41, 5.74) is 1.50. The molecule has 0 aliphatic carbocycles. The first-order chi connectivity index (χ1) is 16.5. The summed E-state index contributed by atoms with van der Waals surface area (Å²) in [5.74, 6) is 1.56. The lowest BCUT2D eigenvalue weighted by Gasteiger charge is -2.10. The van der Waals surface area contributed by atoms with E-state index < -0.39 is 0 Å². The smallest absolute Gasteiger partial charge is 0.282 e. The van der Waals surface area contributed by atoms with Gasteiger partial charge in [-0.25, -0.2) is 4.98 Å². The molecule has 5 aromatic rings. The molecule has 0 spiro atoms. The molecule has 2 aromatic heterocycles. The normalized spacial score (nSPS) is 11.5. The van der Waals surface area contributed by atoms with E-state index in [1.54, 1.807) is 30.3 Å². The van der Waals surface area contributed by atoms with E-state index in [2.05, 4.69) is 26.0 Å². The second-order valence-electron chi connectivity index (χ2n) is 7.35. The first-order valence-corrected chi connectivity index (χ1v) is 11.3. The summed E-state index contributed by atoms with van der Waals surface area (Å²) in [6, 6.07) is 18.0. The number of furan rings is 1. The number of hydrogen-bond donors (Lipinski definition) is 0. The van der Waals surface area contributed by atoms with E-state index in [0.717, 1.165) is 9.86 Å². The van der Waals surface area contributed by atoms with Gasteiger partial charge in [0.05, 0.1) is 36.4 Å². The molecule has 2 heterocycles. The summed E-state index contributed by atoms with van der Waals surface area (Å²) in [6.45, 7) is 0. The number of para-hydroxylation sites is 1. The Hall–Kier alpha value is -3.62. The fourth-order valence-electron chi connectivity index (χ4n) is 3.65. The van der Waals surface area contributed by atoms with Crippen LogP contribution in [0.5, 0.6) is 11.5 Å². The Kier molecular flexibility index (Phi) is 5.85. The zero-order valence-corrected chi connectivity index (χ0v) is 20.4. The Morgan fingerprint density at radius 1 is 1.09 bits per heavy atom. The minimum absolute atomic E-state index is 0.277. The molecule has 0 saturated heterocycles. The van der Waals surface area contributed by atoms with E-state index in [1.807, 2.05) is 30.3 Å². The molecule has 0 saturated carbocycles. The summed E-state index contributed by atoms with van der Waals surface area (Å²) >= 11 is 9.79. The maximum atomic E-state index is 13.4. The van der Waals surface area contributed by atoms with E-state index in [-0.39, 0.29) is 11.4 Å². The molecule has 0 radical (unpaired) electrons. The Bertz CT molecular complexity index is 1640. The molecule has 0 fully saturated rings. The zero-order chi connectivity index (χ0) is 23.8. The topological polar surface area (TPSA) is 78.9 Å². The maximum Gasteiger partial charge on any atom is 0.282 e. The SMILES string of the molecule is COc1cc(C=Nn2c(-c3cc4cc(Br)ccc4o3)nc3ccccc3c2=O)cc(Cl)c1OC. The largest absolute Gasteiger partial charge is 0.493 e. The number of fused-ring (bicyclic) bond motifs is 2. The van der Waals surface area contributed by atoms with Crippen molar-refractivity contribution in [1.29, 1.82) is 0 Å². The lowest BCUT2D eigenvalue weighted by Crippen LogP contribution is -2.20. The first kappa shape index (κ1) is 22.2. The van der Waals surface area contributed by atoms with Gasteiger partial charge in [0.15, 0.2) is 17.3 Å². The highest BCUT2D eigenvalue weighted by Gasteiger charge is 2.17.